The minimum Gasteiger partial charge on any atom is -0.341 e. The summed E-state index contributed by atoms with van der Waals surface area (Å²) in [5.74, 6) is 1.66. The molecular weight excluding hydrogens is 260 g/mol. The van der Waals surface area contributed by atoms with Gasteiger partial charge in [-0.25, -0.2) is 4.98 Å². The number of hydrogen-bond acceptors (Lipinski definition) is 3. The van der Waals surface area contributed by atoms with Gasteiger partial charge >= 0.3 is 0 Å². The molecule has 1 unspecified atom stereocenters. The quantitative estimate of drug-likeness (QED) is 0.912. The van der Waals surface area contributed by atoms with Gasteiger partial charge in [0.05, 0.1) is 17.1 Å². The molecule has 114 valence electrons. The average molecular weight is 286 g/mol. The molecule has 0 radical (unpaired) electrons. The van der Waals surface area contributed by atoms with Crippen LogP contribution in [-0.4, -0.2) is 41.0 Å². The van der Waals surface area contributed by atoms with Crippen LogP contribution in [0.25, 0.3) is 11.0 Å². The Morgan fingerprint density at radius 1 is 1.19 bits per heavy atom. The van der Waals surface area contributed by atoms with Crippen LogP contribution in [0.15, 0.2) is 18.2 Å². The summed E-state index contributed by atoms with van der Waals surface area (Å²) in [5, 5.41) is 3.48. The summed E-state index contributed by atoms with van der Waals surface area (Å²) in [6.07, 6.45) is 1.21. The molecule has 0 spiro atoms. The van der Waals surface area contributed by atoms with Gasteiger partial charge < -0.3 is 10.3 Å². The first-order valence-corrected chi connectivity index (χ1v) is 8.06. The minimum atomic E-state index is 0.373. The van der Waals surface area contributed by atoms with Crippen LogP contribution in [0.5, 0.6) is 0 Å². The maximum Gasteiger partial charge on any atom is 0.124 e. The molecule has 2 heterocycles. The third-order valence-corrected chi connectivity index (χ3v) is 4.34. The molecular formula is C17H26N4. The number of imidazole rings is 1. The van der Waals surface area contributed by atoms with Crippen LogP contribution >= 0.6 is 0 Å². The lowest BCUT2D eigenvalue weighted by atomic mass is 10.0. The summed E-state index contributed by atoms with van der Waals surface area (Å²) in [4.78, 5) is 11.0. The molecule has 0 bridgehead atoms. The number of rotatable bonds is 3. The van der Waals surface area contributed by atoms with Crippen molar-refractivity contribution in [3.8, 4) is 0 Å². The van der Waals surface area contributed by atoms with E-state index in [2.05, 4.69) is 54.2 Å². The van der Waals surface area contributed by atoms with Crippen molar-refractivity contribution in [2.24, 2.45) is 5.92 Å². The maximum atomic E-state index is 4.86. The van der Waals surface area contributed by atoms with Gasteiger partial charge in [0.1, 0.15) is 5.82 Å². The largest absolute Gasteiger partial charge is 0.341 e. The molecule has 1 aromatic heterocycles. The van der Waals surface area contributed by atoms with Crippen LogP contribution in [0, 0.1) is 12.8 Å². The second kappa shape index (κ2) is 6.16. The normalized spacial score (nSPS) is 19.0. The highest BCUT2D eigenvalue weighted by molar-refractivity contribution is 5.75. The van der Waals surface area contributed by atoms with E-state index < -0.39 is 0 Å². The fraction of sp³-hybridized carbons (Fsp3) is 0.588. The average Bonchev–Trinajstić information content (AvgIpc) is 2.66. The second-order valence-electron chi connectivity index (χ2n) is 6.47. The maximum absolute atomic E-state index is 4.86. The Hall–Kier alpha value is -1.39. The van der Waals surface area contributed by atoms with Crippen LogP contribution < -0.4 is 5.32 Å². The smallest absolute Gasteiger partial charge is 0.124 e. The van der Waals surface area contributed by atoms with Gasteiger partial charge in [-0.15, -0.1) is 0 Å². The molecule has 3 rings (SSSR count). The first-order valence-electron chi connectivity index (χ1n) is 8.06. The van der Waals surface area contributed by atoms with E-state index in [1.165, 1.54) is 12.0 Å². The van der Waals surface area contributed by atoms with Crippen molar-refractivity contribution in [1.29, 1.82) is 0 Å². The summed E-state index contributed by atoms with van der Waals surface area (Å²) < 4.78 is 0. The van der Waals surface area contributed by atoms with E-state index in [4.69, 9.17) is 4.98 Å². The van der Waals surface area contributed by atoms with Gasteiger partial charge in [0.25, 0.3) is 0 Å². The van der Waals surface area contributed by atoms with E-state index >= 15 is 0 Å². The Morgan fingerprint density at radius 2 is 2.05 bits per heavy atom. The molecule has 1 aromatic carbocycles. The lowest BCUT2D eigenvalue weighted by Crippen LogP contribution is -2.35. The second-order valence-corrected chi connectivity index (χ2v) is 6.47. The summed E-state index contributed by atoms with van der Waals surface area (Å²) in [7, 11) is 0. The zero-order chi connectivity index (χ0) is 14.8. The predicted octanol–water partition coefficient (Wildman–Crippen LogP) is 2.86. The van der Waals surface area contributed by atoms with E-state index in [-0.39, 0.29) is 0 Å². The lowest BCUT2D eigenvalue weighted by Gasteiger charge is -2.31. The minimum absolute atomic E-state index is 0.373. The van der Waals surface area contributed by atoms with E-state index in [0.717, 1.165) is 43.0 Å². The van der Waals surface area contributed by atoms with Crippen LogP contribution in [0.1, 0.15) is 37.7 Å². The fourth-order valence-electron chi connectivity index (χ4n) is 3.34. The summed E-state index contributed by atoms with van der Waals surface area (Å²) in [5.41, 5.74) is 3.51. The topological polar surface area (TPSA) is 44.0 Å². The number of aromatic nitrogens is 2. The number of hydrogen-bond donors (Lipinski definition) is 2. The van der Waals surface area contributed by atoms with E-state index in [0.29, 0.717) is 12.0 Å². The van der Waals surface area contributed by atoms with Crippen molar-refractivity contribution < 1.29 is 0 Å². The van der Waals surface area contributed by atoms with Crippen molar-refractivity contribution in [3.63, 3.8) is 0 Å². The Bertz CT molecular complexity index is 594. The molecule has 1 fully saturated rings. The first-order chi connectivity index (χ1) is 10.1. The van der Waals surface area contributed by atoms with E-state index in [1.807, 2.05) is 0 Å². The van der Waals surface area contributed by atoms with Crippen LogP contribution in [0.4, 0.5) is 0 Å². The molecule has 2 N–H and O–H groups in total. The summed E-state index contributed by atoms with van der Waals surface area (Å²) in [6, 6.07) is 6.81. The Kier molecular flexibility index (Phi) is 4.27. The highest BCUT2D eigenvalue weighted by atomic mass is 15.2. The molecule has 4 heteroatoms. The van der Waals surface area contributed by atoms with Crippen molar-refractivity contribution in [1.82, 2.24) is 20.2 Å². The van der Waals surface area contributed by atoms with Crippen molar-refractivity contribution in [2.75, 3.05) is 26.2 Å². The number of nitrogens with one attached hydrogen (secondary N) is 2. The molecule has 1 saturated heterocycles. The molecule has 1 aliphatic rings. The number of fused-ring (bicyclic) bond motifs is 1. The molecule has 0 saturated carbocycles. The van der Waals surface area contributed by atoms with E-state index in [1.54, 1.807) is 0 Å². The predicted molar refractivity (Wildman–Crippen MR) is 87.5 cm³/mol. The van der Waals surface area contributed by atoms with Gasteiger partial charge in [-0.05, 0) is 43.5 Å². The van der Waals surface area contributed by atoms with Crippen LogP contribution in [0.2, 0.25) is 0 Å². The fourth-order valence-corrected chi connectivity index (χ4v) is 3.34. The SMILES string of the molecule is Cc1ccc2nc(C(C(C)C)N3CCCNCC3)[nH]c2c1. The highest BCUT2D eigenvalue weighted by Gasteiger charge is 2.27. The number of aryl methyl sites for hydroxylation is 1. The first kappa shape index (κ1) is 14.5. The third kappa shape index (κ3) is 3.11. The van der Waals surface area contributed by atoms with Crippen molar-refractivity contribution >= 4 is 11.0 Å². The van der Waals surface area contributed by atoms with Gasteiger partial charge in [0.15, 0.2) is 0 Å². The van der Waals surface area contributed by atoms with E-state index in [9.17, 15) is 0 Å². The van der Waals surface area contributed by atoms with Crippen molar-refractivity contribution in [2.45, 2.75) is 33.2 Å². The molecule has 0 amide bonds. The number of aromatic amines is 1. The monoisotopic (exact) mass is 286 g/mol. The molecule has 0 aliphatic carbocycles. The lowest BCUT2D eigenvalue weighted by molar-refractivity contribution is 0.159. The molecule has 4 nitrogen and oxygen atoms in total. The summed E-state index contributed by atoms with van der Waals surface area (Å²) in [6.45, 7) is 11.2. The van der Waals surface area contributed by atoms with Gasteiger partial charge in [0.2, 0.25) is 0 Å². The third-order valence-electron chi connectivity index (χ3n) is 4.34. The highest BCUT2D eigenvalue weighted by Crippen LogP contribution is 2.28. The van der Waals surface area contributed by atoms with Gasteiger partial charge in [-0.1, -0.05) is 19.9 Å². The number of nitrogens with zero attached hydrogens (tertiary/aromatic N) is 2. The Labute approximate surface area is 126 Å². The molecule has 2 aromatic rings. The van der Waals surface area contributed by atoms with Crippen LogP contribution in [0.3, 0.4) is 0 Å². The van der Waals surface area contributed by atoms with Crippen LogP contribution in [-0.2, 0) is 0 Å². The Morgan fingerprint density at radius 3 is 2.86 bits per heavy atom. The molecule has 21 heavy (non-hydrogen) atoms. The number of benzene rings is 1. The number of H-pyrrole nitrogens is 1. The molecule has 1 aliphatic heterocycles. The summed E-state index contributed by atoms with van der Waals surface area (Å²) >= 11 is 0. The zero-order valence-electron chi connectivity index (χ0n) is 13.3. The standard InChI is InChI=1S/C17H26N4/c1-12(2)16(21-9-4-7-18-8-10-21)17-19-14-6-5-13(3)11-15(14)20-17/h5-6,11-12,16,18H,4,7-10H2,1-3H3,(H,19,20). The molecule has 1 atom stereocenters. The van der Waals surface area contributed by atoms with Gasteiger partial charge in [-0.3, -0.25) is 4.90 Å². The Balaban J connectivity index is 1.94. The zero-order valence-corrected chi connectivity index (χ0v) is 13.3. The van der Waals surface area contributed by atoms with Gasteiger partial charge in [-0.2, -0.15) is 0 Å². The van der Waals surface area contributed by atoms with Gasteiger partial charge in [0, 0.05) is 19.6 Å². The van der Waals surface area contributed by atoms with Crippen molar-refractivity contribution in [3.05, 3.63) is 29.6 Å².